The Morgan fingerprint density at radius 3 is 2.42 bits per heavy atom. The van der Waals surface area contributed by atoms with Gasteiger partial charge in [0.1, 0.15) is 0 Å². The van der Waals surface area contributed by atoms with Gasteiger partial charge in [-0.2, -0.15) is 0 Å². The van der Waals surface area contributed by atoms with E-state index in [9.17, 15) is 0 Å². The quantitative estimate of drug-likeness (QED) is 0.815. The Kier molecular flexibility index (Phi) is 2.79. The minimum Gasteiger partial charge on any atom is -0.399 e. The van der Waals surface area contributed by atoms with Crippen LogP contribution in [0.5, 0.6) is 0 Å². The summed E-state index contributed by atoms with van der Waals surface area (Å²) in [6.07, 6.45) is 2.30. The molecular weight excluding hydrogens is 232 g/mol. The number of hydrogen-bond acceptors (Lipinski definition) is 2. The molecule has 96 valence electrons. The lowest BCUT2D eigenvalue weighted by Gasteiger charge is -2.21. The maximum absolute atomic E-state index is 5.82. The van der Waals surface area contributed by atoms with Crippen molar-refractivity contribution in [3.05, 3.63) is 72.3 Å². The van der Waals surface area contributed by atoms with Gasteiger partial charge in [0.05, 0.1) is 5.54 Å². The summed E-state index contributed by atoms with van der Waals surface area (Å²) >= 11 is 0. The molecule has 2 aromatic carbocycles. The molecule has 0 aromatic heterocycles. The Balaban J connectivity index is 1.81. The van der Waals surface area contributed by atoms with Gasteiger partial charge in [0.15, 0.2) is 0 Å². The number of hydrogen-bond donors (Lipinski definition) is 2. The van der Waals surface area contributed by atoms with E-state index in [0.29, 0.717) is 0 Å². The van der Waals surface area contributed by atoms with E-state index in [-0.39, 0.29) is 5.54 Å². The highest BCUT2D eigenvalue weighted by molar-refractivity contribution is 5.66. The van der Waals surface area contributed by atoms with E-state index in [1.165, 1.54) is 5.56 Å². The molecule has 0 atom stereocenters. The monoisotopic (exact) mass is 250 g/mol. The van der Waals surface area contributed by atoms with E-state index in [0.717, 1.165) is 29.8 Å². The molecular formula is C17H18N2. The summed E-state index contributed by atoms with van der Waals surface area (Å²) < 4.78 is 0. The van der Waals surface area contributed by atoms with E-state index >= 15 is 0 Å². The zero-order chi connectivity index (χ0) is 13.3. The van der Waals surface area contributed by atoms with E-state index in [1.807, 2.05) is 30.3 Å². The van der Waals surface area contributed by atoms with Gasteiger partial charge in [-0.05, 0) is 36.1 Å². The number of nitrogens with one attached hydrogen (secondary N) is 1. The van der Waals surface area contributed by atoms with Gasteiger partial charge < -0.3 is 11.1 Å². The first-order valence-electron chi connectivity index (χ1n) is 6.58. The van der Waals surface area contributed by atoms with Gasteiger partial charge >= 0.3 is 0 Å². The van der Waals surface area contributed by atoms with Crippen molar-refractivity contribution in [2.24, 2.45) is 0 Å². The Hall–Kier alpha value is -2.22. The second-order valence-electron chi connectivity index (χ2n) is 5.18. The Bertz CT molecular complexity index is 598. The Labute approximate surface area is 114 Å². The molecule has 2 heteroatoms. The smallest absolute Gasteiger partial charge is 0.0627 e. The second-order valence-corrected chi connectivity index (χ2v) is 5.18. The summed E-state index contributed by atoms with van der Waals surface area (Å²) in [6.45, 7) is 4.15. The topological polar surface area (TPSA) is 38.0 Å². The number of nitrogen functional groups attached to an aromatic ring is 1. The molecule has 1 fully saturated rings. The van der Waals surface area contributed by atoms with Crippen molar-refractivity contribution < 1.29 is 0 Å². The van der Waals surface area contributed by atoms with Crippen LogP contribution in [-0.2, 0) is 5.54 Å². The maximum Gasteiger partial charge on any atom is 0.0627 e. The fraction of sp³-hybridized carbons (Fsp3) is 0.176. The molecule has 1 aliphatic rings. The first-order chi connectivity index (χ1) is 9.20. The molecule has 3 rings (SSSR count). The van der Waals surface area contributed by atoms with Crippen molar-refractivity contribution >= 4 is 11.4 Å². The molecule has 19 heavy (non-hydrogen) atoms. The molecule has 0 bridgehead atoms. The summed E-state index contributed by atoms with van der Waals surface area (Å²) in [6, 6.07) is 18.4. The Morgan fingerprint density at radius 2 is 1.79 bits per heavy atom. The van der Waals surface area contributed by atoms with Crippen molar-refractivity contribution in [2.45, 2.75) is 18.4 Å². The van der Waals surface area contributed by atoms with Crippen molar-refractivity contribution in [1.29, 1.82) is 0 Å². The van der Waals surface area contributed by atoms with Crippen LogP contribution in [0.15, 0.2) is 61.2 Å². The van der Waals surface area contributed by atoms with Gasteiger partial charge in [-0.1, -0.05) is 49.0 Å². The molecule has 2 nitrogen and oxygen atoms in total. The van der Waals surface area contributed by atoms with Gasteiger partial charge in [0.2, 0.25) is 0 Å². The lowest BCUT2D eigenvalue weighted by molar-refractivity contribution is 0.631. The first-order valence-corrected chi connectivity index (χ1v) is 6.58. The molecule has 0 heterocycles. The molecule has 2 aromatic rings. The number of anilines is 1. The highest BCUT2D eigenvalue weighted by Crippen LogP contribution is 2.46. The Morgan fingerprint density at radius 1 is 1.05 bits per heavy atom. The fourth-order valence-electron chi connectivity index (χ4n) is 2.46. The lowest BCUT2D eigenvalue weighted by Crippen LogP contribution is -2.27. The molecule has 0 aliphatic heterocycles. The largest absolute Gasteiger partial charge is 0.399 e. The normalized spacial score (nSPS) is 15.8. The number of rotatable bonds is 4. The SMILES string of the molecule is C=C(NC1(c2ccccc2)CC1)c1cccc(N)c1. The molecule has 0 saturated heterocycles. The van der Waals surface area contributed by atoms with Crippen molar-refractivity contribution in [1.82, 2.24) is 5.32 Å². The molecule has 1 saturated carbocycles. The molecule has 0 unspecified atom stereocenters. The third-order valence-electron chi connectivity index (χ3n) is 3.70. The first kappa shape index (κ1) is 11.8. The van der Waals surface area contributed by atoms with Gasteiger partial charge in [0.25, 0.3) is 0 Å². The van der Waals surface area contributed by atoms with Gasteiger partial charge in [0, 0.05) is 11.4 Å². The van der Waals surface area contributed by atoms with Crippen LogP contribution in [0.2, 0.25) is 0 Å². The van der Waals surface area contributed by atoms with E-state index in [2.05, 4.69) is 36.2 Å². The zero-order valence-corrected chi connectivity index (χ0v) is 10.9. The standard InChI is InChI=1S/C17H18N2/c1-13(14-6-5-9-16(18)12-14)19-17(10-11-17)15-7-3-2-4-8-15/h2-9,12,19H,1,10-11,18H2. The lowest BCUT2D eigenvalue weighted by atomic mass is 10.0. The molecule has 0 spiro atoms. The molecule has 0 radical (unpaired) electrons. The second kappa shape index (κ2) is 4.47. The van der Waals surface area contributed by atoms with Crippen molar-refractivity contribution in [3.8, 4) is 0 Å². The third-order valence-corrected chi connectivity index (χ3v) is 3.70. The van der Waals surface area contributed by atoms with Crippen LogP contribution in [-0.4, -0.2) is 0 Å². The van der Waals surface area contributed by atoms with E-state index in [4.69, 9.17) is 5.73 Å². The van der Waals surface area contributed by atoms with Gasteiger partial charge in [-0.3, -0.25) is 0 Å². The minimum atomic E-state index is 0.0724. The van der Waals surface area contributed by atoms with E-state index < -0.39 is 0 Å². The molecule has 3 N–H and O–H groups in total. The van der Waals surface area contributed by atoms with Crippen LogP contribution in [0, 0.1) is 0 Å². The van der Waals surface area contributed by atoms with Crippen molar-refractivity contribution in [2.75, 3.05) is 5.73 Å². The number of nitrogens with two attached hydrogens (primary N) is 1. The van der Waals surface area contributed by atoms with Gasteiger partial charge in [-0.15, -0.1) is 0 Å². The summed E-state index contributed by atoms with van der Waals surface area (Å²) in [5, 5.41) is 3.58. The average Bonchev–Trinajstić information content (AvgIpc) is 3.21. The number of benzene rings is 2. The highest BCUT2D eigenvalue weighted by Gasteiger charge is 2.44. The average molecular weight is 250 g/mol. The minimum absolute atomic E-state index is 0.0724. The van der Waals surface area contributed by atoms with Gasteiger partial charge in [-0.25, -0.2) is 0 Å². The van der Waals surface area contributed by atoms with Crippen LogP contribution >= 0.6 is 0 Å². The molecule has 0 amide bonds. The van der Waals surface area contributed by atoms with Crippen LogP contribution < -0.4 is 11.1 Å². The predicted octanol–water partition coefficient (Wildman–Crippen LogP) is 3.52. The summed E-state index contributed by atoms with van der Waals surface area (Å²) in [4.78, 5) is 0. The maximum atomic E-state index is 5.82. The van der Waals surface area contributed by atoms with Crippen LogP contribution in [0.25, 0.3) is 5.70 Å². The van der Waals surface area contributed by atoms with E-state index in [1.54, 1.807) is 0 Å². The van der Waals surface area contributed by atoms with Crippen molar-refractivity contribution in [3.63, 3.8) is 0 Å². The molecule has 1 aliphatic carbocycles. The van der Waals surface area contributed by atoms with Crippen LogP contribution in [0.1, 0.15) is 24.0 Å². The highest BCUT2D eigenvalue weighted by atomic mass is 15.0. The van der Waals surface area contributed by atoms with Crippen LogP contribution in [0.3, 0.4) is 0 Å². The fourth-order valence-corrected chi connectivity index (χ4v) is 2.46. The summed E-state index contributed by atoms with van der Waals surface area (Å²) in [7, 11) is 0. The third kappa shape index (κ3) is 2.34. The predicted molar refractivity (Wildman–Crippen MR) is 80.4 cm³/mol. The zero-order valence-electron chi connectivity index (χ0n) is 10.9. The summed E-state index contributed by atoms with van der Waals surface area (Å²) in [5.41, 5.74) is 9.99. The van der Waals surface area contributed by atoms with Crippen LogP contribution in [0.4, 0.5) is 5.69 Å². The summed E-state index contributed by atoms with van der Waals surface area (Å²) in [5.74, 6) is 0.